The van der Waals surface area contributed by atoms with Crippen LogP contribution in [0.2, 0.25) is 0 Å². The molecule has 2 saturated carbocycles. The smallest absolute Gasteiger partial charge is 0.220 e. The highest BCUT2D eigenvalue weighted by Gasteiger charge is 2.68. The van der Waals surface area contributed by atoms with E-state index < -0.39 is 0 Å². The van der Waals surface area contributed by atoms with Crippen LogP contribution in [-0.4, -0.2) is 23.7 Å². The maximum atomic E-state index is 12.5. The molecule has 4 rings (SSSR count). The van der Waals surface area contributed by atoms with Gasteiger partial charge in [-0.25, -0.2) is 0 Å². The van der Waals surface area contributed by atoms with Crippen LogP contribution in [-0.2, 0) is 9.53 Å². The third-order valence-corrected chi connectivity index (χ3v) is 7.53. The first kappa shape index (κ1) is 17.8. The Morgan fingerprint density at radius 1 is 1.35 bits per heavy atom. The van der Waals surface area contributed by atoms with E-state index >= 15 is 0 Å². The lowest BCUT2D eigenvalue weighted by atomic mass is 9.58. The number of nitrogens with one attached hydrogen (secondary N) is 1. The van der Waals surface area contributed by atoms with Gasteiger partial charge in [-0.3, -0.25) is 4.79 Å². The van der Waals surface area contributed by atoms with Crippen LogP contribution in [0, 0.1) is 22.7 Å². The Labute approximate surface area is 156 Å². The van der Waals surface area contributed by atoms with E-state index in [9.17, 15) is 9.90 Å². The quantitative estimate of drug-likeness (QED) is 0.849. The van der Waals surface area contributed by atoms with Crippen molar-refractivity contribution in [3.63, 3.8) is 0 Å². The molecule has 1 unspecified atom stereocenters. The lowest BCUT2D eigenvalue weighted by Crippen LogP contribution is -2.58. The highest BCUT2D eigenvalue weighted by atomic mass is 16.5. The Morgan fingerprint density at radius 2 is 2.12 bits per heavy atom. The molecule has 1 amide bonds. The Hall–Kier alpha value is -1.55. The SMILES string of the molecule is CCCC(=O)N[C@H]1C(C)(C)[C@@H]2C[C@@H]3[C@@H](c4ccccc4O)OCCC31C2. The van der Waals surface area contributed by atoms with Gasteiger partial charge in [0.15, 0.2) is 0 Å². The first-order valence-electron chi connectivity index (χ1n) is 10.1. The summed E-state index contributed by atoms with van der Waals surface area (Å²) in [6, 6.07) is 7.75. The topological polar surface area (TPSA) is 58.6 Å². The fraction of sp³-hybridized carbons (Fsp3) is 0.682. The summed E-state index contributed by atoms with van der Waals surface area (Å²) < 4.78 is 6.20. The van der Waals surface area contributed by atoms with Crippen LogP contribution in [0.15, 0.2) is 24.3 Å². The van der Waals surface area contributed by atoms with E-state index in [4.69, 9.17) is 4.74 Å². The summed E-state index contributed by atoms with van der Waals surface area (Å²) in [6.07, 6.45) is 4.68. The van der Waals surface area contributed by atoms with Crippen molar-refractivity contribution in [2.45, 2.75) is 65.0 Å². The highest BCUT2D eigenvalue weighted by molar-refractivity contribution is 5.76. The summed E-state index contributed by atoms with van der Waals surface area (Å²) in [5.41, 5.74) is 1.10. The van der Waals surface area contributed by atoms with Gasteiger partial charge in [-0.2, -0.15) is 0 Å². The van der Waals surface area contributed by atoms with E-state index in [0.717, 1.165) is 31.2 Å². The van der Waals surface area contributed by atoms with Gasteiger partial charge in [0.25, 0.3) is 0 Å². The minimum absolute atomic E-state index is 0.0726. The molecule has 1 heterocycles. The molecule has 1 spiro atoms. The van der Waals surface area contributed by atoms with Gasteiger partial charge in [-0.05, 0) is 54.4 Å². The van der Waals surface area contributed by atoms with Crippen LogP contribution in [0.1, 0.15) is 64.5 Å². The summed E-state index contributed by atoms with van der Waals surface area (Å²) in [5.74, 6) is 1.45. The second-order valence-corrected chi connectivity index (χ2v) is 9.15. The maximum absolute atomic E-state index is 12.5. The van der Waals surface area contributed by atoms with Gasteiger partial charge >= 0.3 is 0 Å². The second-order valence-electron chi connectivity index (χ2n) is 9.15. The molecule has 2 aliphatic carbocycles. The number of phenols is 1. The van der Waals surface area contributed by atoms with Crippen molar-refractivity contribution in [1.82, 2.24) is 5.32 Å². The van der Waals surface area contributed by atoms with Gasteiger partial charge < -0.3 is 15.2 Å². The third kappa shape index (κ3) is 2.49. The van der Waals surface area contributed by atoms with Crippen LogP contribution in [0.25, 0.3) is 0 Å². The van der Waals surface area contributed by atoms with Crippen molar-refractivity contribution >= 4 is 5.91 Å². The minimum atomic E-state index is -0.0726. The number of carbonyl (C=O) groups is 1. The van der Waals surface area contributed by atoms with Crippen LogP contribution >= 0.6 is 0 Å². The molecule has 4 nitrogen and oxygen atoms in total. The summed E-state index contributed by atoms with van der Waals surface area (Å²) in [7, 11) is 0. The Kier molecular flexibility index (Phi) is 4.30. The number of rotatable bonds is 4. The molecule has 0 radical (unpaired) electrons. The number of fused-ring (bicyclic) bond motifs is 1. The lowest BCUT2D eigenvalue weighted by Gasteiger charge is -2.53. The van der Waals surface area contributed by atoms with Gasteiger partial charge in [-0.15, -0.1) is 0 Å². The van der Waals surface area contributed by atoms with Crippen molar-refractivity contribution in [2.24, 2.45) is 22.7 Å². The molecular weight excluding hydrogens is 326 g/mol. The van der Waals surface area contributed by atoms with E-state index in [0.29, 0.717) is 30.6 Å². The van der Waals surface area contributed by atoms with E-state index in [-0.39, 0.29) is 28.9 Å². The third-order valence-electron chi connectivity index (χ3n) is 7.53. The van der Waals surface area contributed by atoms with Crippen molar-refractivity contribution in [3.05, 3.63) is 29.8 Å². The maximum Gasteiger partial charge on any atom is 0.220 e. The number of benzene rings is 1. The normalized spacial score (nSPS) is 37.3. The molecule has 3 fully saturated rings. The average Bonchev–Trinajstić information content (AvgIpc) is 3.09. The second kappa shape index (κ2) is 6.26. The van der Waals surface area contributed by atoms with Crippen molar-refractivity contribution in [3.8, 4) is 5.75 Å². The van der Waals surface area contributed by atoms with Crippen LogP contribution in [0.4, 0.5) is 0 Å². The van der Waals surface area contributed by atoms with Crippen molar-refractivity contribution in [2.75, 3.05) is 6.61 Å². The van der Waals surface area contributed by atoms with E-state index in [1.54, 1.807) is 6.07 Å². The fourth-order valence-electron chi connectivity index (χ4n) is 6.28. The largest absolute Gasteiger partial charge is 0.508 e. The van der Waals surface area contributed by atoms with Gasteiger partial charge in [0.2, 0.25) is 5.91 Å². The molecule has 2 N–H and O–H groups in total. The molecular formula is C22H31NO3. The number of aromatic hydroxyl groups is 1. The van der Waals surface area contributed by atoms with E-state index in [2.05, 4.69) is 26.1 Å². The molecule has 0 aromatic heterocycles. The van der Waals surface area contributed by atoms with Gasteiger partial charge in [0.1, 0.15) is 5.75 Å². The molecule has 3 aliphatic rings. The Bertz CT molecular complexity index is 700. The zero-order valence-electron chi connectivity index (χ0n) is 16.1. The summed E-state index contributed by atoms with van der Waals surface area (Å²) >= 11 is 0. The van der Waals surface area contributed by atoms with Crippen LogP contribution < -0.4 is 5.32 Å². The Morgan fingerprint density at radius 3 is 2.85 bits per heavy atom. The Balaban J connectivity index is 1.68. The predicted molar refractivity (Wildman–Crippen MR) is 101 cm³/mol. The van der Waals surface area contributed by atoms with Crippen LogP contribution in [0.5, 0.6) is 5.75 Å². The van der Waals surface area contributed by atoms with E-state index in [1.165, 1.54) is 0 Å². The number of carbonyl (C=O) groups excluding carboxylic acids is 1. The standard InChI is InChI=1S/C22H31NO3/c1-4-7-18(25)23-20-21(2,3)14-12-16-19(15-8-5-6-9-17(15)24)26-11-10-22(16,20)13-14/h5-6,8-9,14,16,19-20,24H,4,7,10-13H2,1-3H3,(H,23,25)/t14-,16-,19-,20+,22?/m1/s1. The summed E-state index contributed by atoms with van der Waals surface area (Å²) in [6.45, 7) is 7.39. The zero-order chi connectivity index (χ0) is 18.5. The van der Waals surface area contributed by atoms with Crippen molar-refractivity contribution in [1.29, 1.82) is 0 Å². The number of amides is 1. The molecule has 2 bridgehead atoms. The molecule has 1 aromatic rings. The molecule has 142 valence electrons. The molecule has 1 aromatic carbocycles. The van der Waals surface area contributed by atoms with Gasteiger partial charge in [0, 0.05) is 24.6 Å². The lowest BCUT2D eigenvalue weighted by molar-refractivity contribution is -0.137. The van der Waals surface area contributed by atoms with E-state index in [1.807, 2.05) is 18.2 Å². The molecule has 1 saturated heterocycles. The van der Waals surface area contributed by atoms with Crippen LogP contribution in [0.3, 0.4) is 0 Å². The number of ether oxygens (including phenoxy) is 1. The summed E-state index contributed by atoms with van der Waals surface area (Å²) in [5, 5.41) is 13.8. The van der Waals surface area contributed by atoms with Gasteiger partial charge in [-0.1, -0.05) is 39.0 Å². The zero-order valence-corrected chi connectivity index (χ0v) is 16.1. The minimum Gasteiger partial charge on any atom is -0.508 e. The molecule has 5 atom stereocenters. The first-order chi connectivity index (χ1) is 12.4. The number of para-hydroxylation sites is 1. The highest BCUT2D eigenvalue weighted by Crippen LogP contribution is 2.70. The monoisotopic (exact) mass is 357 g/mol. The number of hydrogen-bond donors (Lipinski definition) is 2. The molecule has 4 heteroatoms. The summed E-state index contributed by atoms with van der Waals surface area (Å²) in [4.78, 5) is 12.5. The van der Waals surface area contributed by atoms with Gasteiger partial charge in [0.05, 0.1) is 6.10 Å². The number of phenolic OH excluding ortho intramolecular Hbond substituents is 1. The first-order valence-corrected chi connectivity index (χ1v) is 10.1. The predicted octanol–water partition coefficient (Wildman–Crippen LogP) is 4.19. The average molecular weight is 357 g/mol. The fourth-order valence-corrected chi connectivity index (χ4v) is 6.28. The van der Waals surface area contributed by atoms with Crippen molar-refractivity contribution < 1.29 is 14.6 Å². The molecule has 26 heavy (non-hydrogen) atoms. The molecule has 1 aliphatic heterocycles. The number of hydrogen-bond acceptors (Lipinski definition) is 3.